The standard InChI is InChI=1S/C19H27N3O5S/c1-28(25,26)12-11-21-7-9-22(10-8-21)18(23)14-27-17-4-2-3-16(13-17)20-19(24)15-5-6-15/h2-4,13,15H,5-12,14H2,1H3,(H,20,24). The van der Waals surface area contributed by atoms with E-state index in [1.807, 2.05) is 0 Å². The van der Waals surface area contributed by atoms with Crippen molar-refractivity contribution < 1.29 is 22.7 Å². The SMILES string of the molecule is CS(=O)(=O)CCN1CCN(C(=O)COc2cccc(NC(=O)C3CC3)c2)CC1. The minimum absolute atomic E-state index is 0.0296. The Bertz CT molecular complexity index is 815. The Kier molecular flexibility index (Phi) is 6.56. The van der Waals surface area contributed by atoms with Gasteiger partial charge in [0.05, 0.1) is 5.75 Å². The van der Waals surface area contributed by atoms with Crippen LogP contribution in [-0.4, -0.2) is 81.4 Å². The van der Waals surface area contributed by atoms with Crippen LogP contribution in [0.5, 0.6) is 5.75 Å². The zero-order valence-corrected chi connectivity index (χ0v) is 16.9. The van der Waals surface area contributed by atoms with Crippen molar-refractivity contribution in [2.45, 2.75) is 12.8 Å². The molecule has 0 unspecified atom stereocenters. The quantitative estimate of drug-likeness (QED) is 0.676. The summed E-state index contributed by atoms with van der Waals surface area (Å²) >= 11 is 0. The molecule has 0 spiro atoms. The second-order valence-corrected chi connectivity index (χ2v) is 9.69. The third-order valence-corrected chi connectivity index (χ3v) is 5.84. The first-order valence-electron chi connectivity index (χ1n) is 9.52. The summed E-state index contributed by atoms with van der Waals surface area (Å²) in [6, 6.07) is 7.05. The van der Waals surface area contributed by atoms with Gasteiger partial charge in [-0.2, -0.15) is 0 Å². The number of ether oxygens (including phenoxy) is 1. The molecule has 1 saturated carbocycles. The van der Waals surface area contributed by atoms with Crippen LogP contribution in [0.15, 0.2) is 24.3 Å². The summed E-state index contributed by atoms with van der Waals surface area (Å²) in [4.78, 5) is 28.0. The molecule has 154 valence electrons. The third-order valence-electron chi connectivity index (χ3n) is 4.92. The lowest BCUT2D eigenvalue weighted by molar-refractivity contribution is -0.135. The highest BCUT2D eigenvalue weighted by Gasteiger charge is 2.29. The van der Waals surface area contributed by atoms with E-state index in [2.05, 4.69) is 10.2 Å². The maximum Gasteiger partial charge on any atom is 0.260 e. The summed E-state index contributed by atoms with van der Waals surface area (Å²) in [7, 11) is -2.97. The fourth-order valence-electron chi connectivity index (χ4n) is 3.01. The van der Waals surface area contributed by atoms with Crippen molar-refractivity contribution in [2.75, 3.05) is 56.7 Å². The molecule has 1 N–H and O–H groups in total. The molecule has 1 aliphatic carbocycles. The van der Waals surface area contributed by atoms with E-state index in [9.17, 15) is 18.0 Å². The first kappa shape index (κ1) is 20.6. The van der Waals surface area contributed by atoms with Gasteiger partial charge in [-0.25, -0.2) is 8.42 Å². The molecule has 2 aliphatic rings. The average molecular weight is 410 g/mol. The van der Waals surface area contributed by atoms with Crippen LogP contribution in [0.3, 0.4) is 0 Å². The number of amides is 2. The molecule has 0 bridgehead atoms. The largest absolute Gasteiger partial charge is 0.484 e. The zero-order chi connectivity index (χ0) is 20.1. The summed E-state index contributed by atoms with van der Waals surface area (Å²) in [6.45, 7) is 2.86. The van der Waals surface area contributed by atoms with Gasteiger partial charge in [-0.3, -0.25) is 14.5 Å². The monoisotopic (exact) mass is 409 g/mol. The first-order valence-corrected chi connectivity index (χ1v) is 11.6. The Hall–Kier alpha value is -2.13. The first-order chi connectivity index (χ1) is 13.3. The average Bonchev–Trinajstić information content (AvgIpc) is 3.50. The van der Waals surface area contributed by atoms with Crippen LogP contribution in [0.2, 0.25) is 0 Å². The van der Waals surface area contributed by atoms with Gasteiger partial charge >= 0.3 is 0 Å². The molecule has 1 aromatic carbocycles. The van der Waals surface area contributed by atoms with Crippen molar-refractivity contribution in [1.29, 1.82) is 0 Å². The molecular weight excluding hydrogens is 382 g/mol. The van der Waals surface area contributed by atoms with E-state index in [1.165, 1.54) is 6.26 Å². The Morgan fingerprint density at radius 1 is 1.18 bits per heavy atom. The number of nitrogens with zero attached hydrogens (tertiary/aromatic N) is 2. The van der Waals surface area contributed by atoms with Crippen molar-refractivity contribution in [3.05, 3.63) is 24.3 Å². The number of carbonyl (C=O) groups excluding carboxylic acids is 2. The molecule has 1 aromatic rings. The molecule has 1 heterocycles. The lowest BCUT2D eigenvalue weighted by atomic mass is 10.3. The van der Waals surface area contributed by atoms with Gasteiger partial charge in [-0.15, -0.1) is 0 Å². The van der Waals surface area contributed by atoms with Crippen molar-refractivity contribution in [1.82, 2.24) is 9.80 Å². The van der Waals surface area contributed by atoms with Gasteiger partial charge in [0, 0.05) is 56.7 Å². The van der Waals surface area contributed by atoms with E-state index in [4.69, 9.17) is 4.74 Å². The number of piperazine rings is 1. The minimum Gasteiger partial charge on any atom is -0.484 e. The van der Waals surface area contributed by atoms with E-state index in [-0.39, 0.29) is 30.1 Å². The smallest absolute Gasteiger partial charge is 0.260 e. The third kappa shape index (κ3) is 6.49. The summed E-state index contributed by atoms with van der Waals surface area (Å²) in [5.41, 5.74) is 0.668. The number of anilines is 1. The maximum absolute atomic E-state index is 12.4. The summed E-state index contributed by atoms with van der Waals surface area (Å²) < 4.78 is 28.1. The Morgan fingerprint density at radius 2 is 1.89 bits per heavy atom. The van der Waals surface area contributed by atoms with Crippen LogP contribution in [-0.2, 0) is 19.4 Å². The predicted molar refractivity (Wildman–Crippen MR) is 106 cm³/mol. The predicted octanol–water partition coefficient (Wildman–Crippen LogP) is 0.603. The van der Waals surface area contributed by atoms with Crippen LogP contribution >= 0.6 is 0 Å². The number of hydrogen-bond donors (Lipinski definition) is 1. The molecule has 3 rings (SSSR count). The summed E-state index contributed by atoms with van der Waals surface area (Å²) in [5.74, 6) is 0.727. The fraction of sp³-hybridized carbons (Fsp3) is 0.579. The number of benzene rings is 1. The number of sulfone groups is 1. The van der Waals surface area contributed by atoms with Crippen LogP contribution in [0, 0.1) is 5.92 Å². The second kappa shape index (κ2) is 8.91. The fourth-order valence-corrected chi connectivity index (χ4v) is 3.60. The second-order valence-electron chi connectivity index (χ2n) is 7.43. The molecule has 8 nitrogen and oxygen atoms in total. The van der Waals surface area contributed by atoms with Crippen molar-refractivity contribution in [3.8, 4) is 5.75 Å². The molecule has 1 saturated heterocycles. The van der Waals surface area contributed by atoms with Gasteiger partial charge in [-0.1, -0.05) is 6.07 Å². The van der Waals surface area contributed by atoms with Gasteiger partial charge in [-0.05, 0) is 25.0 Å². The van der Waals surface area contributed by atoms with Gasteiger partial charge in [0.1, 0.15) is 15.6 Å². The van der Waals surface area contributed by atoms with Gasteiger partial charge in [0.2, 0.25) is 5.91 Å². The van der Waals surface area contributed by atoms with E-state index >= 15 is 0 Å². The lowest BCUT2D eigenvalue weighted by Gasteiger charge is -2.34. The van der Waals surface area contributed by atoms with Gasteiger partial charge < -0.3 is 15.0 Å². The molecular formula is C19H27N3O5S. The van der Waals surface area contributed by atoms with Crippen LogP contribution < -0.4 is 10.1 Å². The minimum atomic E-state index is -2.97. The molecule has 2 fully saturated rings. The molecule has 2 amide bonds. The highest BCUT2D eigenvalue weighted by Crippen LogP contribution is 2.30. The molecule has 1 aliphatic heterocycles. The van der Waals surface area contributed by atoms with E-state index in [0.29, 0.717) is 44.2 Å². The normalized spacial score (nSPS) is 18.0. The molecule has 0 aromatic heterocycles. The Balaban J connectivity index is 1.41. The number of rotatable bonds is 8. The number of nitrogens with one attached hydrogen (secondary N) is 1. The topological polar surface area (TPSA) is 96.0 Å². The van der Waals surface area contributed by atoms with Crippen LogP contribution in [0.4, 0.5) is 5.69 Å². The molecule has 28 heavy (non-hydrogen) atoms. The number of carbonyl (C=O) groups is 2. The molecule has 0 atom stereocenters. The maximum atomic E-state index is 12.4. The summed E-state index contributed by atoms with van der Waals surface area (Å²) in [6.07, 6.45) is 3.12. The number of hydrogen-bond acceptors (Lipinski definition) is 6. The highest BCUT2D eigenvalue weighted by molar-refractivity contribution is 7.90. The Morgan fingerprint density at radius 3 is 2.54 bits per heavy atom. The van der Waals surface area contributed by atoms with Gasteiger partial charge in [0.25, 0.3) is 5.91 Å². The van der Waals surface area contributed by atoms with Gasteiger partial charge in [0.15, 0.2) is 6.61 Å². The van der Waals surface area contributed by atoms with Crippen LogP contribution in [0.25, 0.3) is 0 Å². The van der Waals surface area contributed by atoms with E-state index < -0.39 is 9.84 Å². The highest BCUT2D eigenvalue weighted by atomic mass is 32.2. The molecule has 0 radical (unpaired) electrons. The van der Waals surface area contributed by atoms with Crippen molar-refractivity contribution >= 4 is 27.3 Å². The van der Waals surface area contributed by atoms with Crippen molar-refractivity contribution in [2.24, 2.45) is 5.92 Å². The summed E-state index contributed by atoms with van der Waals surface area (Å²) in [5, 5.41) is 2.86. The van der Waals surface area contributed by atoms with E-state index in [0.717, 1.165) is 12.8 Å². The lowest BCUT2D eigenvalue weighted by Crippen LogP contribution is -2.50. The molecule has 9 heteroatoms. The van der Waals surface area contributed by atoms with Crippen molar-refractivity contribution in [3.63, 3.8) is 0 Å². The van der Waals surface area contributed by atoms with E-state index in [1.54, 1.807) is 29.2 Å². The zero-order valence-electron chi connectivity index (χ0n) is 16.1. The Labute approximate surface area is 165 Å². The van der Waals surface area contributed by atoms with Crippen LogP contribution in [0.1, 0.15) is 12.8 Å².